The number of carbonyl (C=O) groups excluding carboxylic acids is 1. The van der Waals surface area contributed by atoms with Crippen LogP contribution in [0.15, 0.2) is 49.3 Å². The Morgan fingerprint density at radius 1 is 1.11 bits per heavy atom. The van der Waals surface area contributed by atoms with Crippen molar-refractivity contribution in [3.05, 3.63) is 54.9 Å². The Morgan fingerprint density at radius 2 is 1.89 bits per heavy atom. The zero-order chi connectivity index (χ0) is 26.9. The standard InChI is InChI=1S/C26H34N10O2/c1-18(32-22-11-8-10-21(23(22)38-3)25-30-17-35(2)34-25)9-6-4-5-7-12-36-16-20(15-31-36)33-26-28-13-19(14-29-26)24(27)37/h8,10-11,13-18,32H,4-7,9,12H2,1-3H3,(H2,27,37)(H,28,29,33). The number of ether oxygens (including phenoxy) is 1. The van der Waals surface area contributed by atoms with Gasteiger partial charge >= 0.3 is 0 Å². The lowest BCUT2D eigenvalue weighted by Gasteiger charge is -2.19. The summed E-state index contributed by atoms with van der Waals surface area (Å²) in [5, 5.41) is 15.5. The summed E-state index contributed by atoms with van der Waals surface area (Å²) in [5.41, 5.74) is 8.08. The number of para-hydroxylation sites is 1. The Hall–Kier alpha value is -4.48. The number of aryl methyl sites for hydroxylation is 2. The number of hydrogen-bond acceptors (Lipinski definition) is 9. The van der Waals surface area contributed by atoms with Crippen molar-refractivity contribution in [2.24, 2.45) is 12.8 Å². The number of methoxy groups -OCH3 is 1. The molecule has 0 fully saturated rings. The van der Waals surface area contributed by atoms with E-state index in [-0.39, 0.29) is 5.56 Å². The van der Waals surface area contributed by atoms with Crippen LogP contribution in [-0.2, 0) is 13.6 Å². The molecule has 0 spiro atoms. The average Bonchev–Trinajstić information content (AvgIpc) is 3.55. The third kappa shape index (κ3) is 7.05. The third-order valence-electron chi connectivity index (χ3n) is 6.06. The Balaban J connectivity index is 1.16. The molecule has 3 aromatic heterocycles. The summed E-state index contributed by atoms with van der Waals surface area (Å²) in [6, 6.07) is 6.29. The SMILES string of the molecule is COc1c(NC(C)CCCCCCn2cc(Nc3ncc(C(N)=O)cn3)cn2)cccc1-c1ncn(C)n1. The van der Waals surface area contributed by atoms with Crippen LogP contribution in [0.4, 0.5) is 17.3 Å². The summed E-state index contributed by atoms with van der Waals surface area (Å²) in [4.78, 5) is 23.7. The number of carbonyl (C=O) groups is 1. The smallest absolute Gasteiger partial charge is 0.251 e. The fourth-order valence-electron chi connectivity index (χ4n) is 4.12. The van der Waals surface area contributed by atoms with E-state index in [4.69, 9.17) is 10.5 Å². The van der Waals surface area contributed by atoms with Gasteiger partial charge in [-0.1, -0.05) is 25.3 Å². The second-order valence-corrected chi connectivity index (χ2v) is 9.15. The summed E-state index contributed by atoms with van der Waals surface area (Å²) >= 11 is 0. The fraction of sp³-hybridized carbons (Fsp3) is 0.385. The first kappa shape index (κ1) is 26.6. The highest BCUT2D eigenvalue weighted by Gasteiger charge is 2.15. The minimum atomic E-state index is -0.556. The van der Waals surface area contributed by atoms with E-state index in [1.54, 1.807) is 24.3 Å². The van der Waals surface area contributed by atoms with Gasteiger partial charge in [-0.2, -0.15) is 10.2 Å². The van der Waals surface area contributed by atoms with Gasteiger partial charge in [-0.05, 0) is 31.9 Å². The van der Waals surface area contributed by atoms with Crippen molar-refractivity contribution in [3.8, 4) is 17.1 Å². The van der Waals surface area contributed by atoms with Crippen molar-refractivity contribution in [3.63, 3.8) is 0 Å². The fourth-order valence-corrected chi connectivity index (χ4v) is 4.12. The van der Waals surface area contributed by atoms with Crippen LogP contribution >= 0.6 is 0 Å². The number of nitrogens with one attached hydrogen (secondary N) is 2. The first-order valence-corrected chi connectivity index (χ1v) is 12.6. The molecule has 1 atom stereocenters. The van der Waals surface area contributed by atoms with Crippen LogP contribution in [0.2, 0.25) is 0 Å². The molecule has 200 valence electrons. The number of aromatic nitrogens is 7. The van der Waals surface area contributed by atoms with Gasteiger partial charge in [0.25, 0.3) is 5.91 Å². The van der Waals surface area contributed by atoms with Gasteiger partial charge in [-0.15, -0.1) is 0 Å². The van der Waals surface area contributed by atoms with Crippen LogP contribution < -0.4 is 21.1 Å². The molecule has 0 aliphatic carbocycles. The molecule has 12 heteroatoms. The van der Waals surface area contributed by atoms with Gasteiger partial charge in [0.15, 0.2) is 11.6 Å². The van der Waals surface area contributed by atoms with Crippen LogP contribution in [0.1, 0.15) is 49.4 Å². The van der Waals surface area contributed by atoms with Gasteiger partial charge in [0, 0.05) is 38.2 Å². The van der Waals surface area contributed by atoms with Gasteiger partial charge in [0.05, 0.1) is 35.8 Å². The number of primary amides is 1. The predicted molar refractivity (Wildman–Crippen MR) is 145 cm³/mol. The Labute approximate surface area is 221 Å². The average molecular weight is 519 g/mol. The highest BCUT2D eigenvalue weighted by Crippen LogP contribution is 2.35. The number of nitrogens with zero attached hydrogens (tertiary/aromatic N) is 7. The van der Waals surface area contributed by atoms with Crippen molar-refractivity contribution in [2.45, 2.75) is 51.6 Å². The van der Waals surface area contributed by atoms with Crippen LogP contribution in [0, 0.1) is 0 Å². The summed E-state index contributed by atoms with van der Waals surface area (Å²) in [5.74, 6) is 1.23. The minimum Gasteiger partial charge on any atom is -0.494 e. The molecule has 0 radical (unpaired) electrons. The molecule has 3 heterocycles. The number of nitrogens with two attached hydrogens (primary N) is 1. The summed E-state index contributed by atoms with van der Waals surface area (Å²) in [6.07, 6.45) is 13.6. The molecule has 38 heavy (non-hydrogen) atoms. The largest absolute Gasteiger partial charge is 0.494 e. The van der Waals surface area contributed by atoms with Crippen LogP contribution in [-0.4, -0.2) is 53.6 Å². The lowest BCUT2D eigenvalue weighted by atomic mass is 10.1. The normalized spacial score (nSPS) is 11.8. The van der Waals surface area contributed by atoms with Gasteiger partial charge in [-0.25, -0.2) is 15.0 Å². The van der Waals surface area contributed by atoms with E-state index in [1.807, 2.05) is 36.1 Å². The van der Waals surface area contributed by atoms with Crippen molar-refractivity contribution >= 4 is 23.2 Å². The Bertz CT molecular complexity index is 1330. The van der Waals surface area contributed by atoms with Gasteiger partial charge in [0.1, 0.15) is 6.33 Å². The van der Waals surface area contributed by atoms with Crippen LogP contribution in [0.5, 0.6) is 5.75 Å². The second kappa shape index (κ2) is 12.7. The number of amides is 1. The van der Waals surface area contributed by atoms with Crippen LogP contribution in [0.25, 0.3) is 11.4 Å². The molecule has 0 bridgehead atoms. The molecule has 1 amide bonds. The zero-order valence-corrected chi connectivity index (χ0v) is 22.0. The van der Waals surface area contributed by atoms with Crippen molar-refractivity contribution in [2.75, 3.05) is 17.7 Å². The highest BCUT2D eigenvalue weighted by atomic mass is 16.5. The molecule has 0 aliphatic rings. The van der Waals surface area contributed by atoms with E-state index < -0.39 is 5.91 Å². The quantitative estimate of drug-likeness (QED) is 0.212. The predicted octanol–water partition coefficient (Wildman–Crippen LogP) is 3.77. The molecule has 12 nitrogen and oxygen atoms in total. The van der Waals surface area contributed by atoms with E-state index in [1.165, 1.54) is 12.4 Å². The van der Waals surface area contributed by atoms with Gasteiger partial charge in [-0.3, -0.25) is 14.2 Å². The Kier molecular flexibility index (Phi) is 8.85. The number of unbranched alkanes of at least 4 members (excludes halogenated alkanes) is 3. The topological polar surface area (TPSA) is 151 Å². The van der Waals surface area contributed by atoms with E-state index in [0.717, 1.165) is 61.3 Å². The van der Waals surface area contributed by atoms with Crippen LogP contribution in [0.3, 0.4) is 0 Å². The van der Waals surface area contributed by atoms with Crippen molar-refractivity contribution in [1.29, 1.82) is 0 Å². The molecule has 4 N–H and O–H groups in total. The monoisotopic (exact) mass is 518 g/mol. The minimum absolute atomic E-state index is 0.267. The Morgan fingerprint density at radius 3 is 2.61 bits per heavy atom. The number of anilines is 3. The summed E-state index contributed by atoms with van der Waals surface area (Å²) in [7, 11) is 3.52. The molecule has 0 saturated heterocycles. The first-order valence-electron chi connectivity index (χ1n) is 12.6. The maximum atomic E-state index is 11.1. The number of hydrogen-bond donors (Lipinski definition) is 3. The maximum Gasteiger partial charge on any atom is 0.251 e. The summed E-state index contributed by atoms with van der Waals surface area (Å²) < 4.78 is 9.29. The second-order valence-electron chi connectivity index (χ2n) is 9.15. The van der Waals surface area contributed by atoms with E-state index in [0.29, 0.717) is 17.8 Å². The highest BCUT2D eigenvalue weighted by molar-refractivity contribution is 5.92. The van der Waals surface area contributed by atoms with E-state index in [9.17, 15) is 4.79 Å². The van der Waals surface area contributed by atoms with E-state index >= 15 is 0 Å². The zero-order valence-electron chi connectivity index (χ0n) is 22.0. The lowest BCUT2D eigenvalue weighted by Crippen LogP contribution is -2.15. The molecule has 0 aliphatic heterocycles. The summed E-state index contributed by atoms with van der Waals surface area (Å²) in [6.45, 7) is 3.02. The molecule has 4 rings (SSSR count). The maximum absolute atomic E-state index is 11.1. The number of rotatable bonds is 14. The molecular weight excluding hydrogens is 484 g/mol. The van der Waals surface area contributed by atoms with Crippen molar-refractivity contribution in [1.82, 2.24) is 34.5 Å². The molecule has 1 unspecified atom stereocenters. The molecule has 0 saturated carbocycles. The molecular formula is C26H34N10O2. The van der Waals surface area contributed by atoms with Gasteiger partial charge in [0.2, 0.25) is 5.95 Å². The molecule has 1 aromatic carbocycles. The lowest BCUT2D eigenvalue weighted by molar-refractivity contribution is 0.0999. The van der Waals surface area contributed by atoms with Gasteiger partial charge < -0.3 is 21.1 Å². The molecule has 4 aromatic rings. The van der Waals surface area contributed by atoms with Crippen molar-refractivity contribution < 1.29 is 9.53 Å². The number of benzene rings is 1. The first-order chi connectivity index (χ1) is 18.4. The third-order valence-corrected chi connectivity index (χ3v) is 6.06. The van der Waals surface area contributed by atoms with E-state index in [2.05, 4.69) is 42.7 Å².